The molecule has 0 fully saturated rings. The third-order valence-electron chi connectivity index (χ3n) is 3.24. The molecule has 0 aliphatic heterocycles. The van der Waals surface area contributed by atoms with Gasteiger partial charge in [0.05, 0.1) is 11.1 Å². The Morgan fingerprint density at radius 2 is 2.22 bits per heavy atom. The zero-order valence-corrected chi connectivity index (χ0v) is 10.5. The van der Waals surface area contributed by atoms with Gasteiger partial charge in [0.15, 0.2) is 0 Å². The molecule has 0 atom stereocenters. The molecule has 0 saturated heterocycles. The smallest absolute Gasteiger partial charge is 0.338 e. The van der Waals surface area contributed by atoms with Crippen LogP contribution < -0.4 is 5.73 Å². The first kappa shape index (κ1) is 12.6. The number of carboxylic acids is 1. The van der Waals surface area contributed by atoms with E-state index in [4.69, 9.17) is 5.73 Å². The number of unbranched alkanes of at least 4 members (excludes halogenated alkanes) is 1. The van der Waals surface area contributed by atoms with Gasteiger partial charge in [-0.3, -0.25) is 0 Å². The maximum absolute atomic E-state index is 11.5. The molecular weight excluding hydrogens is 228 g/mol. The van der Waals surface area contributed by atoms with Crippen LogP contribution in [0.3, 0.4) is 0 Å². The number of nitrogens with two attached hydrogens (primary N) is 1. The number of fused-ring (bicyclic) bond motifs is 1. The van der Waals surface area contributed by atoms with E-state index in [-0.39, 0.29) is 0 Å². The summed E-state index contributed by atoms with van der Waals surface area (Å²) in [6.07, 6.45) is 4.66. The van der Waals surface area contributed by atoms with Gasteiger partial charge in [0, 0.05) is 18.4 Å². The number of aromatic nitrogens is 1. The third kappa shape index (κ3) is 1.99. The quantitative estimate of drug-likeness (QED) is 0.851. The second-order valence-electron chi connectivity index (χ2n) is 4.37. The molecule has 0 spiro atoms. The van der Waals surface area contributed by atoms with Crippen molar-refractivity contribution in [3.63, 3.8) is 0 Å². The minimum absolute atomic E-state index is 0.359. The molecular formula is C14H18N2O2. The predicted molar refractivity (Wildman–Crippen MR) is 70.9 cm³/mol. The second-order valence-corrected chi connectivity index (χ2v) is 4.37. The molecule has 4 heteroatoms. The number of aromatic carboxylic acids is 1. The monoisotopic (exact) mass is 246 g/mol. The van der Waals surface area contributed by atoms with E-state index in [2.05, 4.69) is 6.92 Å². The van der Waals surface area contributed by atoms with Gasteiger partial charge in [-0.05, 0) is 30.5 Å². The minimum Gasteiger partial charge on any atom is -0.478 e. The number of pyridine rings is 1. The summed E-state index contributed by atoms with van der Waals surface area (Å²) < 4.78 is 1.90. The van der Waals surface area contributed by atoms with Crippen LogP contribution in [0.1, 0.15) is 41.4 Å². The van der Waals surface area contributed by atoms with Crippen LogP contribution in [-0.2, 0) is 13.0 Å². The number of carbonyl (C=O) groups is 1. The van der Waals surface area contributed by atoms with Crippen molar-refractivity contribution in [3.05, 3.63) is 41.2 Å². The average molecular weight is 246 g/mol. The van der Waals surface area contributed by atoms with Gasteiger partial charge in [-0.2, -0.15) is 0 Å². The highest BCUT2D eigenvalue weighted by atomic mass is 16.4. The van der Waals surface area contributed by atoms with E-state index in [1.165, 1.54) is 0 Å². The fourth-order valence-corrected chi connectivity index (χ4v) is 2.41. The van der Waals surface area contributed by atoms with Crippen molar-refractivity contribution in [1.82, 2.24) is 4.40 Å². The molecule has 0 aliphatic carbocycles. The molecule has 4 nitrogen and oxygen atoms in total. The van der Waals surface area contributed by atoms with E-state index in [1.807, 2.05) is 28.8 Å². The van der Waals surface area contributed by atoms with Crippen molar-refractivity contribution >= 4 is 11.5 Å². The van der Waals surface area contributed by atoms with E-state index in [0.29, 0.717) is 12.1 Å². The van der Waals surface area contributed by atoms with Crippen molar-refractivity contribution in [1.29, 1.82) is 0 Å². The molecule has 96 valence electrons. The Kier molecular flexibility index (Phi) is 3.67. The highest BCUT2D eigenvalue weighted by molar-refractivity contribution is 5.98. The maximum Gasteiger partial charge on any atom is 0.338 e. The molecule has 0 saturated carbocycles. The molecule has 3 N–H and O–H groups in total. The highest BCUT2D eigenvalue weighted by Crippen LogP contribution is 2.25. The Balaban J connectivity index is 2.70. The SMILES string of the molecule is CCCCc1c(C(=O)O)c2ccccn2c1CN. The fourth-order valence-electron chi connectivity index (χ4n) is 2.41. The molecule has 18 heavy (non-hydrogen) atoms. The lowest BCUT2D eigenvalue weighted by Crippen LogP contribution is -2.05. The molecule has 0 bridgehead atoms. The zero-order chi connectivity index (χ0) is 13.1. The molecule has 0 amide bonds. The molecule has 2 heterocycles. The molecule has 2 aromatic heterocycles. The fraction of sp³-hybridized carbons (Fsp3) is 0.357. The Hall–Kier alpha value is -1.81. The van der Waals surface area contributed by atoms with Gasteiger partial charge in [0.1, 0.15) is 0 Å². The van der Waals surface area contributed by atoms with Crippen LogP contribution in [0.2, 0.25) is 0 Å². The minimum atomic E-state index is -0.871. The largest absolute Gasteiger partial charge is 0.478 e. The summed E-state index contributed by atoms with van der Waals surface area (Å²) in [5, 5.41) is 9.42. The summed E-state index contributed by atoms with van der Waals surface area (Å²) in [7, 11) is 0. The molecule has 2 aromatic rings. The van der Waals surface area contributed by atoms with Gasteiger partial charge in [-0.25, -0.2) is 4.79 Å². The lowest BCUT2D eigenvalue weighted by atomic mass is 10.0. The maximum atomic E-state index is 11.5. The van der Waals surface area contributed by atoms with Crippen LogP contribution in [0, 0.1) is 0 Å². The van der Waals surface area contributed by atoms with Gasteiger partial charge in [0.25, 0.3) is 0 Å². The molecule has 0 aliphatic rings. The third-order valence-corrected chi connectivity index (χ3v) is 3.24. The molecule has 0 radical (unpaired) electrons. The topological polar surface area (TPSA) is 67.7 Å². The van der Waals surface area contributed by atoms with E-state index >= 15 is 0 Å². The van der Waals surface area contributed by atoms with E-state index < -0.39 is 5.97 Å². The Morgan fingerprint density at radius 3 is 2.83 bits per heavy atom. The van der Waals surface area contributed by atoms with E-state index in [0.717, 1.165) is 36.0 Å². The zero-order valence-electron chi connectivity index (χ0n) is 10.5. The Bertz CT molecular complexity index is 572. The predicted octanol–water partition coefficient (Wildman–Crippen LogP) is 2.44. The van der Waals surface area contributed by atoms with Gasteiger partial charge >= 0.3 is 5.97 Å². The highest BCUT2D eigenvalue weighted by Gasteiger charge is 2.21. The number of rotatable bonds is 5. The van der Waals surface area contributed by atoms with Gasteiger partial charge < -0.3 is 15.2 Å². The summed E-state index contributed by atoms with van der Waals surface area (Å²) in [6.45, 7) is 2.45. The van der Waals surface area contributed by atoms with E-state index in [1.54, 1.807) is 0 Å². The number of hydrogen-bond donors (Lipinski definition) is 2. The van der Waals surface area contributed by atoms with Crippen LogP contribution in [-0.4, -0.2) is 15.5 Å². The first-order valence-electron chi connectivity index (χ1n) is 6.24. The van der Waals surface area contributed by atoms with Crippen molar-refractivity contribution in [2.24, 2.45) is 5.73 Å². The van der Waals surface area contributed by atoms with Gasteiger partial charge in [-0.15, -0.1) is 0 Å². The second kappa shape index (κ2) is 5.23. The van der Waals surface area contributed by atoms with Crippen LogP contribution in [0.5, 0.6) is 0 Å². The van der Waals surface area contributed by atoms with Gasteiger partial charge in [0.2, 0.25) is 0 Å². The summed E-state index contributed by atoms with van der Waals surface area (Å²) in [5.41, 5.74) is 8.73. The number of nitrogens with zero attached hydrogens (tertiary/aromatic N) is 1. The first-order chi connectivity index (χ1) is 8.70. The molecule has 0 unspecified atom stereocenters. The normalized spacial score (nSPS) is 11.0. The van der Waals surface area contributed by atoms with Crippen molar-refractivity contribution in [3.8, 4) is 0 Å². The lowest BCUT2D eigenvalue weighted by Gasteiger charge is -2.03. The lowest BCUT2D eigenvalue weighted by molar-refractivity contribution is 0.0698. The van der Waals surface area contributed by atoms with Crippen molar-refractivity contribution in [2.45, 2.75) is 32.7 Å². The summed E-state index contributed by atoms with van der Waals surface area (Å²) >= 11 is 0. The van der Waals surface area contributed by atoms with Gasteiger partial charge in [-0.1, -0.05) is 19.4 Å². The van der Waals surface area contributed by atoms with Crippen LogP contribution in [0.25, 0.3) is 5.52 Å². The first-order valence-corrected chi connectivity index (χ1v) is 6.24. The number of carboxylic acid groups (broad SMARTS) is 1. The standard InChI is InChI=1S/C14H18N2O2/c1-2-3-6-10-12(9-15)16-8-5-4-7-11(16)13(10)14(17)18/h4-5,7-8H,2-3,6,9,15H2,1H3,(H,17,18). The Labute approximate surface area is 106 Å². The summed E-state index contributed by atoms with van der Waals surface area (Å²) in [4.78, 5) is 11.5. The summed E-state index contributed by atoms with van der Waals surface area (Å²) in [5.74, 6) is -0.871. The van der Waals surface area contributed by atoms with Crippen molar-refractivity contribution in [2.75, 3.05) is 0 Å². The van der Waals surface area contributed by atoms with Crippen LogP contribution in [0.4, 0.5) is 0 Å². The Morgan fingerprint density at radius 1 is 1.44 bits per heavy atom. The summed E-state index contributed by atoms with van der Waals surface area (Å²) in [6, 6.07) is 5.57. The van der Waals surface area contributed by atoms with Crippen LogP contribution in [0.15, 0.2) is 24.4 Å². The number of hydrogen-bond acceptors (Lipinski definition) is 2. The van der Waals surface area contributed by atoms with Crippen LogP contribution >= 0.6 is 0 Å². The van der Waals surface area contributed by atoms with E-state index in [9.17, 15) is 9.90 Å². The average Bonchev–Trinajstić information content (AvgIpc) is 2.69. The van der Waals surface area contributed by atoms with Crippen molar-refractivity contribution < 1.29 is 9.90 Å². The molecule has 2 rings (SSSR count). The molecule has 0 aromatic carbocycles.